The number of hydrogen-bond acceptors (Lipinski definition) is 6. The van der Waals surface area contributed by atoms with Gasteiger partial charge in [-0.25, -0.2) is 9.67 Å². The second kappa shape index (κ2) is 9.12. The van der Waals surface area contributed by atoms with E-state index in [1.54, 1.807) is 0 Å². The van der Waals surface area contributed by atoms with Crippen LogP contribution in [0.15, 0.2) is 73.7 Å². The van der Waals surface area contributed by atoms with Crippen molar-refractivity contribution in [2.24, 2.45) is 0 Å². The Balaban J connectivity index is 1.16. The lowest BCUT2D eigenvalue weighted by Gasteiger charge is -2.45. The van der Waals surface area contributed by atoms with E-state index in [1.807, 2.05) is 52.4 Å². The molecule has 6 heterocycles. The molecule has 5 aromatic rings. The fourth-order valence-corrected chi connectivity index (χ4v) is 5.55. The number of fused-ring (bicyclic) bond motifs is 1. The molecule has 9 nitrogen and oxygen atoms in total. The minimum Gasteiger partial charge on any atom is -0.322 e. The Morgan fingerprint density at radius 1 is 1.03 bits per heavy atom. The van der Waals surface area contributed by atoms with Crippen LogP contribution in [0, 0.1) is 0 Å². The Hall–Kier alpha value is -3.60. The highest BCUT2D eigenvalue weighted by molar-refractivity contribution is 6.15. The first-order valence-electron chi connectivity index (χ1n) is 12.3. The molecule has 0 amide bonds. The van der Waals surface area contributed by atoms with Crippen molar-refractivity contribution in [3.63, 3.8) is 0 Å². The fourth-order valence-electron chi connectivity index (χ4n) is 4.88. The SMILES string of the molecule is CN1CCN(Cc2ccc3nc(Cn4cc(-c5cncc(-n6cccc6)c5)nn4)cn3c2)C[C@]1(C)[SiH3]. The molecule has 10 heteroatoms. The summed E-state index contributed by atoms with van der Waals surface area (Å²) in [5, 5.41) is 9.05. The molecule has 0 bridgehead atoms. The van der Waals surface area contributed by atoms with Crippen LogP contribution in [0.25, 0.3) is 22.6 Å². The predicted octanol–water partition coefficient (Wildman–Crippen LogP) is 1.66. The Morgan fingerprint density at radius 3 is 2.72 bits per heavy atom. The molecule has 1 fully saturated rings. The van der Waals surface area contributed by atoms with Gasteiger partial charge < -0.3 is 13.9 Å². The van der Waals surface area contributed by atoms with Gasteiger partial charge in [0.25, 0.3) is 0 Å². The van der Waals surface area contributed by atoms with Crippen molar-refractivity contribution < 1.29 is 0 Å². The van der Waals surface area contributed by atoms with Crippen LogP contribution in [-0.2, 0) is 13.1 Å². The van der Waals surface area contributed by atoms with E-state index in [0.29, 0.717) is 11.7 Å². The van der Waals surface area contributed by atoms with Gasteiger partial charge in [0.1, 0.15) is 11.3 Å². The van der Waals surface area contributed by atoms with Gasteiger partial charge in [-0.1, -0.05) is 11.3 Å². The largest absolute Gasteiger partial charge is 0.322 e. The van der Waals surface area contributed by atoms with E-state index in [1.165, 1.54) is 15.8 Å². The van der Waals surface area contributed by atoms with Crippen molar-refractivity contribution in [2.75, 3.05) is 26.7 Å². The van der Waals surface area contributed by atoms with Gasteiger partial charge in [-0.2, -0.15) is 0 Å². The van der Waals surface area contributed by atoms with E-state index in [-0.39, 0.29) is 0 Å². The Kier molecular flexibility index (Phi) is 5.79. The van der Waals surface area contributed by atoms with E-state index in [9.17, 15) is 0 Å². The van der Waals surface area contributed by atoms with Crippen LogP contribution in [-0.4, -0.2) is 85.8 Å². The van der Waals surface area contributed by atoms with Gasteiger partial charge in [0.05, 0.1) is 30.3 Å². The molecule has 5 aromatic heterocycles. The first kappa shape index (κ1) is 22.8. The van der Waals surface area contributed by atoms with Crippen LogP contribution in [0.2, 0.25) is 0 Å². The normalized spacial score (nSPS) is 19.4. The molecule has 0 aromatic carbocycles. The molecule has 1 atom stereocenters. The summed E-state index contributed by atoms with van der Waals surface area (Å²) in [5.41, 5.74) is 5.93. The Morgan fingerprint density at radius 2 is 1.89 bits per heavy atom. The molecule has 36 heavy (non-hydrogen) atoms. The monoisotopic (exact) mass is 497 g/mol. The Labute approximate surface area is 213 Å². The summed E-state index contributed by atoms with van der Waals surface area (Å²) in [6.45, 7) is 7.27. The molecule has 0 spiro atoms. The minimum absolute atomic E-state index is 0.334. The van der Waals surface area contributed by atoms with Gasteiger partial charge in [-0.15, -0.1) is 5.10 Å². The molecule has 1 aliphatic heterocycles. The maximum absolute atomic E-state index is 4.80. The molecule has 6 rings (SSSR count). The lowest BCUT2D eigenvalue weighted by molar-refractivity contribution is 0.0750. The number of pyridine rings is 2. The molecule has 0 radical (unpaired) electrons. The second-order valence-corrected chi connectivity index (χ2v) is 12.5. The van der Waals surface area contributed by atoms with Gasteiger partial charge in [0, 0.05) is 78.1 Å². The third kappa shape index (κ3) is 4.62. The number of imidazole rings is 1. The second-order valence-electron chi connectivity index (χ2n) is 10.3. The van der Waals surface area contributed by atoms with Crippen LogP contribution < -0.4 is 0 Å². The van der Waals surface area contributed by atoms with E-state index in [4.69, 9.17) is 4.98 Å². The number of hydrogen-bond donors (Lipinski definition) is 0. The number of piperazine rings is 1. The highest BCUT2D eigenvalue weighted by atomic mass is 28.1. The van der Waals surface area contributed by atoms with Gasteiger partial charge >= 0.3 is 0 Å². The number of rotatable bonds is 6. The van der Waals surface area contributed by atoms with Crippen LogP contribution in [0.3, 0.4) is 0 Å². The molecule has 0 aliphatic carbocycles. The van der Waals surface area contributed by atoms with Crippen LogP contribution in [0.1, 0.15) is 18.2 Å². The van der Waals surface area contributed by atoms with Gasteiger partial charge in [0.2, 0.25) is 0 Å². The molecule has 1 saturated heterocycles. The van der Waals surface area contributed by atoms with Crippen molar-refractivity contribution in [1.29, 1.82) is 0 Å². The van der Waals surface area contributed by atoms with E-state index >= 15 is 0 Å². The molecular weight excluding hydrogens is 466 g/mol. The van der Waals surface area contributed by atoms with Crippen molar-refractivity contribution in [2.45, 2.75) is 25.2 Å². The zero-order valence-electron chi connectivity index (χ0n) is 21.0. The van der Waals surface area contributed by atoms with E-state index in [2.05, 4.69) is 74.1 Å². The maximum atomic E-state index is 4.80. The fraction of sp³-hybridized carbons (Fsp3) is 0.308. The molecule has 0 N–H and O–H groups in total. The lowest BCUT2D eigenvalue weighted by atomic mass is 10.1. The summed E-state index contributed by atoms with van der Waals surface area (Å²) >= 11 is 0. The molecular formula is C26H31N9Si. The highest BCUT2D eigenvalue weighted by Crippen LogP contribution is 2.20. The zero-order valence-corrected chi connectivity index (χ0v) is 23.0. The summed E-state index contributed by atoms with van der Waals surface area (Å²) in [5.74, 6) is 0. The van der Waals surface area contributed by atoms with E-state index < -0.39 is 0 Å². The lowest BCUT2D eigenvalue weighted by Crippen LogP contribution is -2.59. The topological polar surface area (TPSA) is 72.3 Å². The Bertz CT molecular complexity index is 1480. The number of likely N-dealkylation sites (N-methyl/N-ethyl adjacent to an activating group) is 1. The van der Waals surface area contributed by atoms with Crippen molar-refractivity contribution in [3.8, 4) is 16.9 Å². The first-order chi connectivity index (χ1) is 17.4. The zero-order chi connectivity index (χ0) is 24.7. The number of nitrogens with zero attached hydrogens (tertiary/aromatic N) is 9. The summed E-state index contributed by atoms with van der Waals surface area (Å²) in [7, 11) is 3.42. The summed E-state index contributed by atoms with van der Waals surface area (Å²) in [6.07, 6.45) is 13.9. The van der Waals surface area contributed by atoms with Gasteiger partial charge in [-0.3, -0.25) is 9.88 Å². The smallest absolute Gasteiger partial charge is 0.137 e. The van der Waals surface area contributed by atoms with Crippen LogP contribution in [0.5, 0.6) is 0 Å². The van der Waals surface area contributed by atoms with E-state index in [0.717, 1.165) is 54.5 Å². The summed E-state index contributed by atoms with van der Waals surface area (Å²) < 4.78 is 5.98. The molecule has 0 saturated carbocycles. The van der Waals surface area contributed by atoms with Crippen LogP contribution >= 0.6 is 0 Å². The highest BCUT2D eigenvalue weighted by Gasteiger charge is 2.30. The third-order valence-electron chi connectivity index (χ3n) is 7.15. The maximum Gasteiger partial charge on any atom is 0.137 e. The summed E-state index contributed by atoms with van der Waals surface area (Å²) in [6, 6.07) is 10.4. The number of aromatic nitrogens is 7. The standard InChI is InChI=1S/C26H31N9Si/c1-26(36)19-32(10-9-31(26)2)14-20-5-6-25-28-22(16-34(25)15-20)17-35-18-24(29-30-35)21-11-23(13-27-12-21)33-7-3-4-8-33/h3-8,11-13,15-16,18H,9-10,14,17,19H2,1-2,36H3/t26-/m0/s1. The minimum atomic E-state index is 0.334. The summed E-state index contributed by atoms with van der Waals surface area (Å²) in [4.78, 5) is 14.3. The average Bonchev–Trinajstić information content (AvgIpc) is 3.62. The molecule has 184 valence electrons. The van der Waals surface area contributed by atoms with Crippen molar-refractivity contribution in [1.82, 2.24) is 43.7 Å². The van der Waals surface area contributed by atoms with Gasteiger partial charge in [0.15, 0.2) is 0 Å². The average molecular weight is 498 g/mol. The molecule has 1 aliphatic rings. The third-order valence-corrected chi connectivity index (χ3v) is 8.23. The van der Waals surface area contributed by atoms with Gasteiger partial charge in [-0.05, 0) is 43.8 Å². The van der Waals surface area contributed by atoms with Crippen molar-refractivity contribution >= 4 is 15.9 Å². The molecule has 0 unspecified atom stereocenters. The predicted molar refractivity (Wildman–Crippen MR) is 143 cm³/mol. The first-order valence-corrected chi connectivity index (χ1v) is 13.3. The van der Waals surface area contributed by atoms with Crippen LogP contribution in [0.4, 0.5) is 0 Å². The quantitative estimate of drug-likeness (QED) is 0.332. The van der Waals surface area contributed by atoms with Crippen molar-refractivity contribution in [3.05, 3.63) is 85.0 Å².